The van der Waals surface area contributed by atoms with Crippen LogP contribution in [0, 0.1) is 0 Å². The minimum atomic E-state index is -0.387. The van der Waals surface area contributed by atoms with E-state index >= 15 is 0 Å². The number of ether oxygens (including phenoxy) is 1. The smallest absolute Gasteiger partial charge is 0.207 e. The number of anilines is 2. The molecule has 178 valence electrons. The Bertz CT molecular complexity index is 1050. The fourth-order valence-corrected chi connectivity index (χ4v) is 4.43. The Morgan fingerprint density at radius 1 is 1.39 bits per heavy atom. The number of hydrogen-bond donors (Lipinski definition) is 2. The first-order valence-electron chi connectivity index (χ1n) is 10.4. The highest BCUT2D eigenvalue weighted by Gasteiger charge is 2.21. The second-order valence-electron chi connectivity index (χ2n) is 7.11. The van der Waals surface area contributed by atoms with Crippen LogP contribution in [-0.4, -0.2) is 59.9 Å². The molecule has 0 fully saturated rings. The average molecular weight is 496 g/mol. The van der Waals surface area contributed by atoms with Crippen molar-refractivity contribution in [3.63, 3.8) is 0 Å². The van der Waals surface area contributed by atoms with Crippen LogP contribution in [0.1, 0.15) is 16.3 Å². The number of hydrogen-bond acceptors (Lipinski definition) is 8. The molecule has 1 aliphatic rings. The summed E-state index contributed by atoms with van der Waals surface area (Å²) in [5, 5.41) is 7.01. The molecule has 0 aliphatic carbocycles. The molecule has 0 spiro atoms. The molecule has 0 saturated carbocycles. The summed E-state index contributed by atoms with van der Waals surface area (Å²) in [6.07, 6.45) is 7.44. The summed E-state index contributed by atoms with van der Waals surface area (Å²) in [6.45, 7) is 2.29. The lowest BCUT2D eigenvalue weighted by Crippen LogP contribution is -2.29. The number of amides is 1. The number of methoxy groups -OCH3 is 1. The number of thiazole rings is 1. The molecule has 1 aliphatic heterocycles. The van der Waals surface area contributed by atoms with Gasteiger partial charge in [-0.15, -0.1) is 0 Å². The van der Waals surface area contributed by atoms with Gasteiger partial charge in [0.05, 0.1) is 49.8 Å². The van der Waals surface area contributed by atoms with Gasteiger partial charge in [-0.3, -0.25) is 4.79 Å². The van der Waals surface area contributed by atoms with Crippen LogP contribution in [0.25, 0.3) is 0 Å². The fourth-order valence-electron chi connectivity index (χ4n) is 3.27. The number of nitrogens with one attached hydrogen (secondary N) is 2. The van der Waals surface area contributed by atoms with E-state index in [-0.39, 0.29) is 6.67 Å². The molecule has 9 nitrogen and oxygen atoms in total. The van der Waals surface area contributed by atoms with E-state index in [9.17, 15) is 9.18 Å². The predicted molar refractivity (Wildman–Crippen MR) is 128 cm³/mol. The van der Waals surface area contributed by atoms with Crippen LogP contribution in [0.5, 0.6) is 5.75 Å². The molecule has 12 heteroatoms. The highest BCUT2D eigenvalue weighted by molar-refractivity contribution is 7.15. The van der Waals surface area contributed by atoms with E-state index in [0.29, 0.717) is 36.8 Å². The van der Waals surface area contributed by atoms with Crippen molar-refractivity contribution in [2.45, 2.75) is 25.9 Å². The van der Waals surface area contributed by atoms with Crippen molar-refractivity contribution in [3.05, 3.63) is 46.2 Å². The molecular formula is C21H27ClFN7O2S. The summed E-state index contributed by atoms with van der Waals surface area (Å²) in [5.41, 5.74) is 3.09. The van der Waals surface area contributed by atoms with Crippen molar-refractivity contribution < 1.29 is 13.9 Å². The molecule has 0 unspecified atom stereocenters. The number of alkyl halides is 1. The van der Waals surface area contributed by atoms with Gasteiger partial charge in [-0.05, 0) is 0 Å². The zero-order chi connectivity index (χ0) is 23.6. The number of rotatable bonds is 9. The molecule has 3 aromatic heterocycles. The number of aromatic nitrogens is 4. The third kappa shape index (κ3) is 6.78. The van der Waals surface area contributed by atoms with E-state index in [1.165, 1.54) is 10.6 Å². The molecule has 0 bridgehead atoms. The lowest BCUT2D eigenvalue weighted by atomic mass is 10.1. The van der Waals surface area contributed by atoms with Crippen LogP contribution < -0.4 is 20.3 Å². The van der Waals surface area contributed by atoms with Gasteiger partial charge in [-0.25, -0.2) is 19.3 Å². The molecule has 0 saturated heterocycles. The molecule has 0 aromatic carbocycles. The lowest BCUT2D eigenvalue weighted by molar-refractivity contribution is -0.109. The first-order valence-corrected chi connectivity index (χ1v) is 11.6. The third-order valence-corrected chi connectivity index (χ3v) is 6.34. The van der Waals surface area contributed by atoms with Crippen LogP contribution in [0.3, 0.4) is 0 Å². The van der Waals surface area contributed by atoms with Gasteiger partial charge in [0.25, 0.3) is 0 Å². The number of imidazole rings is 1. The topological polar surface area (TPSA) is 97.2 Å². The van der Waals surface area contributed by atoms with Gasteiger partial charge >= 0.3 is 0 Å². The van der Waals surface area contributed by atoms with Crippen molar-refractivity contribution in [3.8, 4) is 5.75 Å². The van der Waals surface area contributed by atoms with E-state index in [0.717, 1.165) is 36.0 Å². The quantitative estimate of drug-likeness (QED) is 0.267. The number of halogens is 2. The molecular weight excluding hydrogens is 469 g/mol. The number of nitrogens with zero attached hydrogens (tertiary/aromatic N) is 5. The van der Waals surface area contributed by atoms with Gasteiger partial charge in [0.1, 0.15) is 6.67 Å². The van der Waals surface area contributed by atoms with Crippen molar-refractivity contribution in [2.75, 3.05) is 44.1 Å². The fraction of sp³-hybridized carbons (Fsp3) is 0.429. The Morgan fingerprint density at radius 2 is 2.24 bits per heavy atom. The Kier molecular flexibility index (Phi) is 9.25. The number of carbonyl (C=O) groups is 1. The summed E-state index contributed by atoms with van der Waals surface area (Å²) in [6, 6.07) is 1.93. The zero-order valence-electron chi connectivity index (χ0n) is 18.6. The Labute approximate surface area is 201 Å². The summed E-state index contributed by atoms with van der Waals surface area (Å²) in [7, 11) is 3.50. The third-order valence-electron chi connectivity index (χ3n) is 4.96. The van der Waals surface area contributed by atoms with Gasteiger partial charge < -0.3 is 24.8 Å². The maximum Gasteiger partial charge on any atom is 0.207 e. The van der Waals surface area contributed by atoms with Crippen LogP contribution in [0.2, 0.25) is 5.15 Å². The molecule has 3 aromatic rings. The predicted octanol–water partition coefficient (Wildman–Crippen LogP) is 2.95. The van der Waals surface area contributed by atoms with Gasteiger partial charge in [0.15, 0.2) is 16.0 Å². The molecule has 33 heavy (non-hydrogen) atoms. The van der Waals surface area contributed by atoms with Crippen molar-refractivity contribution in [1.29, 1.82) is 0 Å². The van der Waals surface area contributed by atoms with Gasteiger partial charge in [-0.2, -0.15) is 0 Å². The SMILES string of the molecule is CNc1nc2c(s1)CN(c1cnc(Cl)c(OC)c1)CC2.O=CNCCc1cn(CCF)cn1. The van der Waals surface area contributed by atoms with Crippen molar-refractivity contribution in [1.82, 2.24) is 24.8 Å². The molecule has 0 atom stereocenters. The first-order chi connectivity index (χ1) is 16.1. The standard InChI is InChI=1S/C13H15ClN4OS.C8H12FN3O/c1-15-13-17-9-3-4-18(7-11(9)20-13)8-5-10(19-2)12(14)16-6-8;9-2-4-12-5-8(11-6-12)1-3-10-7-13/h5-6H,3-4,7H2,1-2H3,(H,15,17);5-7H,1-4H2,(H,10,13). The zero-order valence-corrected chi connectivity index (χ0v) is 20.1. The van der Waals surface area contributed by atoms with Crippen LogP contribution >= 0.6 is 22.9 Å². The van der Waals surface area contributed by atoms with E-state index < -0.39 is 0 Å². The summed E-state index contributed by atoms with van der Waals surface area (Å²) >= 11 is 7.67. The number of fused-ring (bicyclic) bond motifs is 1. The second-order valence-corrected chi connectivity index (χ2v) is 8.55. The maximum absolute atomic E-state index is 11.9. The van der Waals surface area contributed by atoms with Crippen LogP contribution in [-0.2, 0) is 30.7 Å². The molecule has 4 rings (SSSR count). The number of aryl methyl sites for hydroxylation is 1. The largest absolute Gasteiger partial charge is 0.493 e. The normalized spacial score (nSPS) is 12.4. The van der Waals surface area contributed by atoms with E-state index in [4.69, 9.17) is 16.3 Å². The minimum absolute atomic E-state index is 0.341. The summed E-state index contributed by atoms with van der Waals surface area (Å²) in [5.74, 6) is 0.607. The summed E-state index contributed by atoms with van der Waals surface area (Å²) in [4.78, 5) is 26.3. The van der Waals surface area contributed by atoms with Gasteiger partial charge in [0, 0.05) is 50.1 Å². The highest BCUT2D eigenvalue weighted by Crippen LogP contribution is 2.33. The number of carbonyl (C=O) groups excluding carboxylic acids is 1. The Balaban J connectivity index is 0.000000205. The van der Waals surface area contributed by atoms with Crippen LogP contribution in [0.15, 0.2) is 24.8 Å². The lowest BCUT2D eigenvalue weighted by Gasteiger charge is -2.28. The average Bonchev–Trinajstić information content (AvgIpc) is 3.46. The monoisotopic (exact) mass is 495 g/mol. The summed E-state index contributed by atoms with van der Waals surface area (Å²) < 4.78 is 18.8. The van der Waals surface area contributed by atoms with Gasteiger partial charge in [-0.1, -0.05) is 22.9 Å². The Hall–Kier alpha value is -2.92. The highest BCUT2D eigenvalue weighted by atomic mass is 35.5. The molecule has 1 amide bonds. The van der Waals surface area contributed by atoms with Crippen LogP contribution in [0.4, 0.5) is 15.2 Å². The first kappa shape index (κ1) is 24.7. The van der Waals surface area contributed by atoms with E-state index in [2.05, 4.69) is 30.5 Å². The van der Waals surface area contributed by atoms with Gasteiger partial charge in [0.2, 0.25) is 6.41 Å². The number of pyridine rings is 1. The molecule has 4 heterocycles. The van der Waals surface area contributed by atoms with Crippen molar-refractivity contribution in [2.24, 2.45) is 0 Å². The van der Waals surface area contributed by atoms with E-state index in [1.807, 2.05) is 13.1 Å². The molecule has 2 N–H and O–H groups in total. The Morgan fingerprint density at radius 3 is 2.97 bits per heavy atom. The molecule has 0 radical (unpaired) electrons. The van der Waals surface area contributed by atoms with E-state index in [1.54, 1.807) is 41.7 Å². The second kappa shape index (κ2) is 12.4. The minimum Gasteiger partial charge on any atom is -0.493 e. The maximum atomic E-state index is 11.9. The van der Waals surface area contributed by atoms with Crippen molar-refractivity contribution >= 4 is 40.2 Å².